The van der Waals surface area contributed by atoms with Gasteiger partial charge in [0.1, 0.15) is 5.70 Å². The Labute approximate surface area is 125 Å². The third-order valence-corrected chi connectivity index (χ3v) is 4.39. The Morgan fingerprint density at radius 1 is 1.38 bits per heavy atom. The summed E-state index contributed by atoms with van der Waals surface area (Å²) in [5, 5.41) is 5.81. The molecule has 2 aliphatic rings. The number of benzene rings is 1. The van der Waals surface area contributed by atoms with E-state index in [0.717, 1.165) is 22.3 Å². The molecule has 1 saturated carbocycles. The summed E-state index contributed by atoms with van der Waals surface area (Å²) < 4.78 is 1.12. The third-order valence-electron chi connectivity index (χ3n) is 3.60. The summed E-state index contributed by atoms with van der Waals surface area (Å²) >= 11 is 1.59. The molecule has 0 atom stereocenters. The van der Waals surface area contributed by atoms with Crippen molar-refractivity contribution >= 4 is 39.5 Å². The van der Waals surface area contributed by atoms with Gasteiger partial charge in [0, 0.05) is 6.54 Å². The van der Waals surface area contributed by atoms with Crippen LogP contribution in [0.3, 0.4) is 0 Å². The van der Waals surface area contributed by atoms with Crippen LogP contribution in [-0.2, 0) is 4.79 Å². The molecule has 106 valence electrons. The van der Waals surface area contributed by atoms with Gasteiger partial charge in [-0.05, 0) is 42.5 Å². The van der Waals surface area contributed by atoms with Crippen LogP contribution in [0.5, 0.6) is 0 Å². The largest absolute Gasteiger partial charge is 0.321 e. The summed E-state index contributed by atoms with van der Waals surface area (Å²) in [7, 11) is 0. The van der Waals surface area contributed by atoms with E-state index in [9.17, 15) is 4.79 Å². The van der Waals surface area contributed by atoms with Crippen LogP contribution in [0.2, 0.25) is 0 Å². The Bertz CT molecular complexity index is 773. The molecule has 21 heavy (non-hydrogen) atoms. The molecule has 1 aliphatic heterocycles. The molecule has 1 saturated heterocycles. The van der Waals surface area contributed by atoms with Crippen molar-refractivity contribution in [1.82, 2.24) is 15.6 Å². The lowest BCUT2D eigenvalue weighted by Gasteiger charge is -1.98. The molecule has 1 aromatic heterocycles. The van der Waals surface area contributed by atoms with Gasteiger partial charge < -0.3 is 5.32 Å². The van der Waals surface area contributed by atoms with E-state index in [2.05, 4.69) is 20.6 Å². The number of guanidine groups is 1. The Kier molecular flexibility index (Phi) is 2.96. The Balaban J connectivity index is 1.56. The van der Waals surface area contributed by atoms with E-state index in [1.54, 1.807) is 11.3 Å². The van der Waals surface area contributed by atoms with Crippen molar-refractivity contribution in [2.24, 2.45) is 10.9 Å². The van der Waals surface area contributed by atoms with Gasteiger partial charge in [-0.3, -0.25) is 15.1 Å². The van der Waals surface area contributed by atoms with Crippen LogP contribution < -0.4 is 10.6 Å². The number of thiazole rings is 1. The Morgan fingerprint density at radius 3 is 3.14 bits per heavy atom. The minimum atomic E-state index is -0.131. The van der Waals surface area contributed by atoms with Gasteiger partial charge >= 0.3 is 0 Å². The highest BCUT2D eigenvalue weighted by Crippen LogP contribution is 2.28. The topological polar surface area (TPSA) is 66.4 Å². The predicted octanol–water partition coefficient (Wildman–Crippen LogP) is 2.12. The van der Waals surface area contributed by atoms with Gasteiger partial charge in [-0.2, -0.15) is 0 Å². The van der Waals surface area contributed by atoms with Gasteiger partial charge in [0.2, 0.25) is 5.96 Å². The van der Waals surface area contributed by atoms with E-state index >= 15 is 0 Å². The van der Waals surface area contributed by atoms with Gasteiger partial charge in [-0.15, -0.1) is 11.3 Å². The average molecular weight is 298 g/mol. The van der Waals surface area contributed by atoms with Crippen LogP contribution in [0.4, 0.5) is 0 Å². The number of amides is 1. The highest BCUT2D eigenvalue weighted by atomic mass is 32.1. The molecule has 0 spiro atoms. The van der Waals surface area contributed by atoms with Gasteiger partial charge in [0.05, 0.1) is 15.7 Å². The molecule has 1 aliphatic carbocycles. The van der Waals surface area contributed by atoms with Crippen molar-refractivity contribution in [3.05, 3.63) is 35.0 Å². The number of aromatic nitrogens is 1. The summed E-state index contributed by atoms with van der Waals surface area (Å²) in [6, 6.07) is 5.96. The summed E-state index contributed by atoms with van der Waals surface area (Å²) in [5.74, 6) is 1.14. The van der Waals surface area contributed by atoms with E-state index in [4.69, 9.17) is 0 Å². The second-order valence-electron chi connectivity index (χ2n) is 5.35. The first-order valence-corrected chi connectivity index (χ1v) is 7.84. The molecule has 0 radical (unpaired) electrons. The molecule has 6 heteroatoms. The molecule has 1 amide bonds. The van der Waals surface area contributed by atoms with E-state index in [1.165, 1.54) is 12.8 Å². The maximum atomic E-state index is 11.9. The standard InChI is InChI=1S/C15H14N4OS/c20-14-12(18-15(19-14)16-7-9-1-2-9)5-10-3-4-11-13(6-10)21-8-17-11/h3-6,8-9H,1-2,7H2,(H2,16,18,19,20). The molecular formula is C15H14N4OS. The molecule has 0 bridgehead atoms. The van der Waals surface area contributed by atoms with Crippen LogP contribution >= 0.6 is 11.3 Å². The number of fused-ring (bicyclic) bond motifs is 1. The first-order valence-electron chi connectivity index (χ1n) is 6.96. The summed E-state index contributed by atoms with van der Waals surface area (Å²) in [6.07, 6.45) is 4.35. The van der Waals surface area contributed by atoms with Crippen molar-refractivity contribution in [3.8, 4) is 0 Å². The van der Waals surface area contributed by atoms with Crippen LogP contribution in [0, 0.1) is 5.92 Å². The quantitative estimate of drug-likeness (QED) is 0.853. The first-order chi connectivity index (χ1) is 10.3. The van der Waals surface area contributed by atoms with Gasteiger partial charge in [0.25, 0.3) is 5.91 Å². The van der Waals surface area contributed by atoms with Crippen molar-refractivity contribution in [2.45, 2.75) is 12.8 Å². The second kappa shape index (κ2) is 4.96. The minimum absolute atomic E-state index is 0.131. The molecule has 4 rings (SSSR count). The van der Waals surface area contributed by atoms with Gasteiger partial charge in [0.15, 0.2) is 0 Å². The summed E-state index contributed by atoms with van der Waals surface area (Å²) in [6.45, 7) is 0.794. The molecule has 1 aromatic carbocycles. The number of carbonyl (C=O) groups excluding carboxylic acids is 1. The normalized spacial score (nSPS) is 22.0. The number of rotatable bonds is 3. The van der Waals surface area contributed by atoms with Crippen LogP contribution in [-0.4, -0.2) is 23.4 Å². The Hall–Kier alpha value is -2.21. The fourth-order valence-corrected chi connectivity index (χ4v) is 2.95. The van der Waals surface area contributed by atoms with Gasteiger partial charge in [-0.25, -0.2) is 4.98 Å². The van der Waals surface area contributed by atoms with Crippen LogP contribution in [0.15, 0.2) is 34.4 Å². The van der Waals surface area contributed by atoms with Crippen LogP contribution in [0.1, 0.15) is 18.4 Å². The lowest BCUT2D eigenvalue weighted by Crippen LogP contribution is -2.25. The number of hydrogen-bond acceptors (Lipinski definition) is 4. The van der Waals surface area contributed by atoms with E-state index < -0.39 is 0 Å². The first kappa shape index (κ1) is 12.5. The number of carbonyl (C=O) groups is 1. The monoisotopic (exact) mass is 298 g/mol. The predicted molar refractivity (Wildman–Crippen MR) is 83.9 cm³/mol. The molecule has 2 N–H and O–H groups in total. The molecule has 2 heterocycles. The zero-order valence-corrected chi connectivity index (χ0v) is 12.1. The molecule has 5 nitrogen and oxygen atoms in total. The van der Waals surface area contributed by atoms with Crippen molar-refractivity contribution in [1.29, 1.82) is 0 Å². The minimum Gasteiger partial charge on any atom is -0.321 e. The fourth-order valence-electron chi connectivity index (χ4n) is 2.22. The smallest absolute Gasteiger partial charge is 0.274 e. The molecule has 2 aromatic rings. The van der Waals surface area contributed by atoms with Crippen molar-refractivity contribution in [3.63, 3.8) is 0 Å². The summed E-state index contributed by atoms with van der Waals surface area (Å²) in [5.41, 5.74) is 4.32. The van der Waals surface area contributed by atoms with Crippen LogP contribution in [0.25, 0.3) is 16.3 Å². The SMILES string of the molecule is O=C1NC(=NCC2CC2)NC1=Cc1ccc2ncsc2c1. The number of nitrogens with one attached hydrogen (secondary N) is 2. The number of nitrogens with zero attached hydrogens (tertiary/aromatic N) is 2. The zero-order valence-electron chi connectivity index (χ0n) is 11.3. The lowest BCUT2D eigenvalue weighted by atomic mass is 10.2. The molecule has 2 fully saturated rings. The van der Waals surface area contributed by atoms with Gasteiger partial charge in [-0.1, -0.05) is 6.07 Å². The number of aliphatic imine (C=N–C) groups is 1. The lowest BCUT2D eigenvalue weighted by molar-refractivity contribution is -0.115. The highest BCUT2D eigenvalue weighted by molar-refractivity contribution is 7.16. The summed E-state index contributed by atoms with van der Waals surface area (Å²) in [4.78, 5) is 20.6. The Morgan fingerprint density at radius 2 is 2.29 bits per heavy atom. The fraction of sp³-hybridized carbons (Fsp3) is 0.267. The molecular weight excluding hydrogens is 284 g/mol. The van der Waals surface area contributed by atoms with E-state index in [1.807, 2.05) is 29.8 Å². The van der Waals surface area contributed by atoms with E-state index in [-0.39, 0.29) is 5.91 Å². The maximum absolute atomic E-state index is 11.9. The highest BCUT2D eigenvalue weighted by Gasteiger charge is 2.24. The number of hydrogen-bond donors (Lipinski definition) is 2. The third kappa shape index (κ3) is 2.67. The van der Waals surface area contributed by atoms with Crippen molar-refractivity contribution < 1.29 is 4.79 Å². The zero-order chi connectivity index (χ0) is 14.2. The average Bonchev–Trinajstić information content (AvgIpc) is 3.08. The van der Waals surface area contributed by atoms with Crippen molar-refractivity contribution in [2.75, 3.05) is 6.54 Å². The molecule has 0 unspecified atom stereocenters. The van der Waals surface area contributed by atoms with E-state index in [0.29, 0.717) is 17.6 Å². The maximum Gasteiger partial charge on any atom is 0.274 e. The second-order valence-corrected chi connectivity index (χ2v) is 6.24.